The smallest absolute Gasteiger partial charge is 0.319 e. The van der Waals surface area contributed by atoms with Crippen LogP contribution < -0.4 is 9.47 Å². The SMILES string of the molecule is CCOc1ncc(C2(O)CCN(C(=O)c3cccc(F)c3)CC2)c(OCC)n1. The standard InChI is InChI=1S/C20H24FN3O4/c1-3-27-17-16(13-22-19(23-17)28-4-2)20(26)8-10-24(11-9-20)18(25)14-6-5-7-15(21)12-14/h5-7,12-13,26H,3-4,8-11H2,1-2H3. The number of nitrogens with zero attached hydrogens (tertiary/aromatic N) is 3. The molecule has 1 aliphatic heterocycles. The molecular formula is C20H24FN3O4. The Kier molecular flexibility index (Phi) is 6.08. The number of hydrogen-bond donors (Lipinski definition) is 1. The summed E-state index contributed by atoms with van der Waals surface area (Å²) < 4.78 is 24.3. The molecule has 0 saturated carbocycles. The molecular weight excluding hydrogens is 365 g/mol. The Hall–Kier alpha value is -2.74. The average molecular weight is 389 g/mol. The van der Waals surface area contributed by atoms with E-state index in [1.807, 2.05) is 13.8 Å². The molecule has 7 nitrogen and oxygen atoms in total. The quantitative estimate of drug-likeness (QED) is 0.817. The van der Waals surface area contributed by atoms with Crippen LogP contribution >= 0.6 is 0 Å². The van der Waals surface area contributed by atoms with Gasteiger partial charge in [-0.2, -0.15) is 4.98 Å². The summed E-state index contributed by atoms with van der Waals surface area (Å²) >= 11 is 0. The lowest BCUT2D eigenvalue weighted by Crippen LogP contribution is -2.45. The number of amides is 1. The molecule has 1 aliphatic rings. The third kappa shape index (κ3) is 4.22. The van der Waals surface area contributed by atoms with E-state index in [1.165, 1.54) is 24.4 Å². The van der Waals surface area contributed by atoms with Gasteiger partial charge in [0.15, 0.2) is 0 Å². The monoisotopic (exact) mass is 389 g/mol. The Morgan fingerprint density at radius 1 is 1.25 bits per heavy atom. The number of aromatic nitrogens is 2. The van der Waals surface area contributed by atoms with Crippen molar-refractivity contribution < 1.29 is 23.8 Å². The van der Waals surface area contributed by atoms with E-state index in [9.17, 15) is 14.3 Å². The van der Waals surface area contributed by atoms with Gasteiger partial charge in [0.2, 0.25) is 5.88 Å². The van der Waals surface area contributed by atoms with E-state index in [2.05, 4.69) is 9.97 Å². The molecule has 1 amide bonds. The molecule has 1 aromatic heterocycles. The number of likely N-dealkylation sites (tertiary alicyclic amines) is 1. The highest BCUT2D eigenvalue weighted by atomic mass is 19.1. The molecule has 2 aromatic rings. The van der Waals surface area contributed by atoms with Crippen LogP contribution in [0.15, 0.2) is 30.5 Å². The molecule has 1 saturated heterocycles. The highest BCUT2D eigenvalue weighted by Gasteiger charge is 2.39. The number of carbonyl (C=O) groups excluding carboxylic acids is 1. The van der Waals surface area contributed by atoms with E-state index < -0.39 is 11.4 Å². The highest BCUT2D eigenvalue weighted by molar-refractivity contribution is 5.94. The van der Waals surface area contributed by atoms with E-state index in [0.29, 0.717) is 50.3 Å². The van der Waals surface area contributed by atoms with Crippen molar-refractivity contribution in [3.8, 4) is 11.9 Å². The van der Waals surface area contributed by atoms with E-state index in [1.54, 1.807) is 11.0 Å². The lowest BCUT2D eigenvalue weighted by Gasteiger charge is -2.38. The average Bonchev–Trinajstić information content (AvgIpc) is 2.69. The zero-order valence-electron chi connectivity index (χ0n) is 16.0. The summed E-state index contributed by atoms with van der Waals surface area (Å²) in [6, 6.07) is 5.80. The molecule has 2 heterocycles. The van der Waals surface area contributed by atoms with Gasteiger partial charge in [0.25, 0.3) is 5.91 Å². The Morgan fingerprint density at radius 2 is 1.96 bits per heavy atom. The van der Waals surface area contributed by atoms with Crippen molar-refractivity contribution >= 4 is 5.91 Å². The van der Waals surface area contributed by atoms with Crippen LogP contribution in [0.1, 0.15) is 42.6 Å². The van der Waals surface area contributed by atoms with Crippen molar-refractivity contribution in [2.24, 2.45) is 0 Å². The lowest BCUT2D eigenvalue weighted by molar-refractivity contribution is -0.0237. The summed E-state index contributed by atoms with van der Waals surface area (Å²) in [5, 5.41) is 11.2. The van der Waals surface area contributed by atoms with Gasteiger partial charge in [-0.25, -0.2) is 9.37 Å². The first-order chi connectivity index (χ1) is 13.5. The molecule has 0 atom stereocenters. The first-order valence-electron chi connectivity index (χ1n) is 9.37. The fraction of sp³-hybridized carbons (Fsp3) is 0.450. The number of hydrogen-bond acceptors (Lipinski definition) is 6. The van der Waals surface area contributed by atoms with Gasteiger partial charge in [0.1, 0.15) is 5.82 Å². The van der Waals surface area contributed by atoms with Crippen molar-refractivity contribution in [3.05, 3.63) is 47.4 Å². The first kappa shape index (κ1) is 20.0. The molecule has 0 unspecified atom stereocenters. The number of halogens is 1. The Morgan fingerprint density at radius 3 is 2.61 bits per heavy atom. The lowest BCUT2D eigenvalue weighted by atomic mass is 9.85. The molecule has 1 fully saturated rings. The fourth-order valence-electron chi connectivity index (χ4n) is 3.27. The second-order valence-corrected chi connectivity index (χ2v) is 6.57. The summed E-state index contributed by atoms with van der Waals surface area (Å²) in [4.78, 5) is 22.6. The molecule has 0 radical (unpaired) electrons. The number of carbonyl (C=O) groups is 1. The van der Waals surface area contributed by atoms with Gasteiger partial charge in [-0.3, -0.25) is 4.79 Å². The minimum atomic E-state index is -1.21. The number of piperidine rings is 1. The van der Waals surface area contributed by atoms with E-state index in [4.69, 9.17) is 9.47 Å². The van der Waals surface area contributed by atoms with Crippen LogP contribution in [0.5, 0.6) is 11.9 Å². The summed E-state index contributed by atoms with van der Waals surface area (Å²) in [5.41, 5.74) is -0.436. The van der Waals surface area contributed by atoms with Gasteiger partial charge in [-0.15, -0.1) is 0 Å². The molecule has 0 bridgehead atoms. The molecule has 150 valence electrons. The maximum absolute atomic E-state index is 13.4. The Bertz CT molecular complexity index is 838. The van der Waals surface area contributed by atoms with E-state index in [-0.39, 0.29) is 17.8 Å². The van der Waals surface area contributed by atoms with Crippen molar-refractivity contribution in [1.29, 1.82) is 0 Å². The molecule has 3 rings (SSSR count). The maximum Gasteiger partial charge on any atom is 0.319 e. The third-order valence-corrected chi connectivity index (χ3v) is 4.74. The normalized spacial score (nSPS) is 15.9. The topological polar surface area (TPSA) is 84.8 Å². The van der Waals surface area contributed by atoms with Crippen molar-refractivity contribution in [2.45, 2.75) is 32.3 Å². The largest absolute Gasteiger partial charge is 0.478 e. The maximum atomic E-state index is 13.4. The van der Waals surface area contributed by atoms with E-state index >= 15 is 0 Å². The Labute approximate surface area is 163 Å². The van der Waals surface area contributed by atoms with Gasteiger partial charge >= 0.3 is 6.01 Å². The zero-order valence-corrected chi connectivity index (χ0v) is 16.0. The van der Waals surface area contributed by atoms with Gasteiger partial charge < -0.3 is 19.5 Å². The highest BCUT2D eigenvalue weighted by Crippen LogP contribution is 2.37. The minimum absolute atomic E-state index is 0.192. The predicted molar refractivity (Wildman–Crippen MR) is 99.8 cm³/mol. The molecule has 8 heteroatoms. The second-order valence-electron chi connectivity index (χ2n) is 6.57. The van der Waals surface area contributed by atoms with Gasteiger partial charge in [0, 0.05) is 24.8 Å². The minimum Gasteiger partial charge on any atom is -0.478 e. The van der Waals surface area contributed by atoms with Crippen LogP contribution in [0.2, 0.25) is 0 Å². The number of rotatable bonds is 6. The predicted octanol–water partition coefficient (Wildman–Crippen LogP) is 2.54. The van der Waals surface area contributed by atoms with Crippen molar-refractivity contribution in [3.63, 3.8) is 0 Å². The number of ether oxygens (including phenoxy) is 2. The second kappa shape index (κ2) is 8.52. The first-order valence-corrected chi connectivity index (χ1v) is 9.37. The van der Waals surface area contributed by atoms with Crippen LogP contribution in [0.3, 0.4) is 0 Å². The van der Waals surface area contributed by atoms with Crippen LogP contribution in [0.25, 0.3) is 0 Å². The molecule has 28 heavy (non-hydrogen) atoms. The zero-order chi connectivity index (χ0) is 20.1. The summed E-state index contributed by atoms with van der Waals surface area (Å²) in [7, 11) is 0. The summed E-state index contributed by atoms with van der Waals surface area (Å²) in [6.45, 7) is 5.12. The van der Waals surface area contributed by atoms with Gasteiger partial charge in [-0.05, 0) is 44.9 Å². The van der Waals surface area contributed by atoms with Crippen LogP contribution in [0, 0.1) is 5.82 Å². The fourth-order valence-corrected chi connectivity index (χ4v) is 3.27. The third-order valence-electron chi connectivity index (χ3n) is 4.74. The van der Waals surface area contributed by atoms with Gasteiger partial charge in [-0.1, -0.05) is 6.07 Å². The number of aliphatic hydroxyl groups is 1. The van der Waals surface area contributed by atoms with Gasteiger partial charge in [0.05, 0.1) is 24.4 Å². The van der Waals surface area contributed by atoms with Crippen LogP contribution in [-0.4, -0.2) is 52.2 Å². The Balaban J connectivity index is 1.76. The summed E-state index contributed by atoms with van der Waals surface area (Å²) in [5.74, 6) is -0.421. The molecule has 1 aromatic carbocycles. The number of benzene rings is 1. The van der Waals surface area contributed by atoms with Crippen LogP contribution in [0.4, 0.5) is 4.39 Å². The molecule has 0 aliphatic carbocycles. The van der Waals surface area contributed by atoms with Crippen molar-refractivity contribution in [1.82, 2.24) is 14.9 Å². The summed E-state index contributed by atoms with van der Waals surface area (Å²) in [6.07, 6.45) is 2.12. The van der Waals surface area contributed by atoms with Crippen LogP contribution in [-0.2, 0) is 5.60 Å². The van der Waals surface area contributed by atoms with Crippen molar-refractivity contribution in [2.75, 3.05) is 26.3 Å². The molecule has 0 spiro atoms. The molecule has 1 N–H and O–H groups in total. The van der Waals surface area contributed by atoms with E-state index in [0.717, 1.165) is 0 Å².